The molecule has 0 spiro atoms. The van der Waals surface area contributed by atoms with Gasteiger partial charge in [-0.05, 0) is 36.4 Å². The first-order chi connectivity index (χ1) is 10.2. The second-order valence-corrected chi connectivity index (χ2v) is 4.76. The highest BCUT2D eigenvalue weighted by Crippen LogP contribution is 2.26. The Hall–Kier alpha value is -2.53. The third kappa shape index (κ3) is 3.14. The van der Waals surface area contributed by atoms with E-state index < -0.39 is 0 Å². The molecule has 2 aromatic carbocycles. The first kappa shape index (κ1) is 13.5. The average molecular weight is 302 g/mol. The summed E-state index contributed by atoms with van der Waals surface area (Å²) in [7, 11) is 0. The lowest BCUT2D eigenvalue weighted by Crippen LogP contribution is -1.97. The summed E-state index contributed by atoms with van der Waals surface area (Å²) in [4.78, 5) is 4.26. The van der Waals surface area contributed by atoms with Crippen molar-refractivity contribution in [3.05, 3.63) is 59.4 Å². The lowest BCUT2D eigenvalue weighted by atomic mass is 10.2. The molecule has 0 radical (unpaired) electrons. The number of hydrogen-bond donors (Lipinski definition) is 1. The average Bonchev–Trinajstić information content (AvgIpc) is 2.96. The number of nitrogens with zero attached hydrogens (tertiary/aromatic N) is 2. The van der Waals surface area contributed by atoms with Crippen molar-refractivity contribution in [1.82, 2.24) is 10.1 Å². The van der Waals surface area contributed by atoms with Crippen LogP contribution in [0.15, 0.2) is 53.1 Å². The van der Waals surface area contributed by atoms with Gasteiger partial charge in [0.15, 0.2) is 6.61 Å². The molecule has 0 aliphatic carbocycles. The van der Waals surface area contributed by atoms with E-state index in [0.29, 0.717) is 33.7 Å². The van der Waals surface area contributed by atoms with Gasteiger partial charge in [0, 0.05) is 5.69 Å². The number of nitrogens with two attached hydrogens (primary N) is 1. The number of anilines is 1. The quantitative estimate of drug-likeness (QED) is 0.746. The lowest BCUT2D eigenvalue weighted by molar-refractivity contribution is 0.287. The Kier molecular flexibility index (Phi) is 3.75. The van der Waals surface area contributed by atoms with E-state index in [2.05, 4.69) is 10.1 Å². The largest absolute Gasteiger partial charge is 0.485 e. The van der Waals surface area contributed by atoms with Gasteiger partial charge in [-0.1, -0.05) is 28.9 Å². The second-order valence-electron chi connectivity index (χ2n) is 4.35. The van der Waals surface area contributed by atoms with E-state index in [4.69, 9.17) is 26.6 Å². The third-order valence-corrected chi connectivity index (χ3v) is 3.15. The first-order valence-corrected chi connectivity index (χ1v) is 6.66. The van der Waals surface area contributed by atoms with Crippen LogP contribution < -0.4 is 10.5 Å². The van der Waals surface area contributed by atoms with Crippen molar-refractivity contribution in [2.45, 2.75) is 6.61 Å². The van der Waals surface area contributed by atoms with Crippen LogP contribution in [0, 0.1) is 0 Å². The minimum atomic E-state index is 0.206. The molecule has 0 atom stereocenters. The van der Waals surface area contributed by atoms with Gasteiger partial charge in [0.1, 0.15) is 5.75 Å². The molecule has 106 valence electrons. The fourth-order valence-corrected chi connectivity index (χ4v) is 1.99. The summed E-state index contributed by atoms with van der Waals surface area (Å²) >= 11 is 6.08. The van der Waals surface area contributed by atoms with Gasteiger partial charge in [-0.3, -0.25) is 0 Å². The van der Waals surface area contributed by atoms with Crippen LogP contribution in [0.1, 0.15) is 5.82 Å². The van der Waals surface area contributed by atoms with E-state index in [1.165, 1.54) is 0 Å². The first-order valence-electron chi connectivity index (χ1n) is 6.28. The molecule has 3 rings (SSSR count). The summed E-state index contributed by atoms with van der Waals surface area (Å²) in [5, 5.41) is 4.43. The number of ether oxygens (including phenoxy) is 1. The van der Waals surface area contributed by atoms with Crippen molar-refractivity contribution >= 4 is 17.3 Å². The monoisotopic (exact) mass is 301 g/mol. The van der Waals surface area contributed by atoms with Gasteiger partial charge in [-0.25, -0.2) is 0 Å². The minimum Gasteiger partial charge on any atom is -0.485 e. The van der Waals surface area contributed by atoms with Gasteiger partial charge in [0.2, 0.25) is 5.82 Å². The molecular formula is C15H12ClN3O2. The fourth-order valence-electron chi connectivity index (χ4n) is 1.77. The van der Waals surface area contributed by atoms with Crippen LogP contribution in [-0.2, 0) is 6.61 Å². The van der Waals surface area contributed by atoms with E-state index in [9.17, 15) is 0 Å². The maximum absolute atomic E-state index is 6.08. The Labute approximate surface area is 126 Å². The van der Waals surface area contributed by atoms with Crippen LogP contribution in [0.25, 0.3) is 11.5 Å². The highest BCUT2D eigenvalue weighted by molar-refractivity contribution is 6.33. The zero-order valence-corrected chi connectivity index (χ0v) is 11.7. The Bertz CT molecular complexity index is 741. The maximum atomic E-state index is 6.08. The third-order valence-electron chi connectivity index (χ3n) is 2.82. The Morgan fingerprint density at radius 3 is 2.62 bits per heavy atom. The van der Waals surface area contributed by atoms with Crippen molar-refractivity contribution in [1.29, 1.82) is 0 Å². The molecule has 0 aliphatic rings. The predicted octanol–water partition coefficient (Wildman–Crippen LogP) is 3.55. The van der Waals surface area contributed by atoms with Gasteiger partial charge in [-0.2, -0.15) is 4.98 Å². The highest BCUT2D eigenvalue weighted by atomic mass is 35.5. The smallest absolute Gasteiger partial charge is 0.259 e. The van der Waals surface area contributed by atoms with Crippen molar-refractivity contribution < 1.29 is 9.26 Å². The van der Waals surface area contributed by atoms with Crippen molar-refractivity contribution in [3.8, 4) is 17.2 Å². The fraction of sp³-hybridized carbons (Fsp3) is 0.0667. The van der Waals surface area contributed by atoms with Gasteiger partial charge in [0.05, 0.1) is 10.6 Å². The van der Waals surface area contributed by atoms with Crippen LogP contribution >= 0.6 is 11.6 Å². The second kappa shape index (κ2) is 5.85. The SMILES string of the molecule is Nc1ccc(OCc2noc(-c3ccccc3Cl)n2)cc1. The van der Waals surface area contributed by atoms with Gasteiger partial charge < -0.3 is 15.0 Å². The molecule has 2 N–H and O–H groups in total. The summed E-state index contributed by atoms with van der Waals surface area (Å²) in [6, 6.07) is 14.4. The standard InChI is InChI=1S/C15H12ClN3O2/c16-13-4-2-1-3-12(13)15-18-14(19-21-15)9-20-11-7-5-10(17)6-8-11/h1-8H,9,17H2. The number of rotatable bonds is 4. The number of hydrogen-bond acceptors (Lipinski definition) is 5. The Morgan fingerprint density at radius 2 is 1.86 bits per heavy atom. The summed E-state index contributed by atoms with van der Waals surface area (Å²) in [6.07, 6.45) is 0. The van der Waals surface area contributed by atoms with E-state index >= 15 is 0 Å². The van der Waals surface area contributed by atoms with E-state index in [1.54, 1.807) is 30.3 Å². The van der Waals surface area contributed by atoms with Crippen LogP contribution in [0.4, 0.5) is 5.69 Å². The predicted molar refractivity (Wildman–Crippen MR) is 79.9 cm³/mol. The molecule has 0 bridgehead atoms. The van der Waals surface area contributed by atoms with Crippen molar-refractivity contribution in [2.24, 2.45) is 0 Å². The lowest BCUT2D eigenvalue weighted by Gasteiger charge is -2.02. The number of halogens is 1. The molecule has 0 fully saturated rings. The van der Waals surface area contributed by atoms with E-state index in [-0.39, 0.29) is 6.61 Å². The summed E-state index contributed by atoms with van der Waals surface area (Å²) in [6.45, 7) is 0.206. The van der Waals surface area contributed by atoms with Crippen LogP contribution in [0.5, 0.6) is 5.75 Å². The van der Waals surface area contributed by atoms with Crippen molar-refractivity contribution in [2.75, 3.05) is 5.73 Å². The molecule has 6 heteroatoms. The normalized spacial score (nSPS) is 10.5. The number of aromatic nitrogens is 2. The van der Waals surface area contributed by atoms with Crippen LogP contribution in [-0.4, -0.2) is 10.1 Å². The minimum absolute atomic E-state index is 0.206. The molecular weight excluding hydrogens is 290 g/mol. The van der Waals surface area contributed by atoms with Gasteiger partial charge in [-0.15, -0.1) is 0 Å². The molecule has 21 heavy (non-hydrogen) atoms. The zero-order chi connectivity index (χ0) is 14.7. The molecule has 0 amide bonds. The molecule has 0 saturated carbocycles. The van der Waals surface area contributed by atoms with E-state index in [0.717, 1.165) is 0 Å². The van der Waals surface area contributed by atoms with Crippen molar-refractivity contribution in [3.63, 3.8) is 0 Å². The van der Waals surface area contributed by atoms with Gasteiger partial charge >= 0.3 is 0 Å². The van der Waals surface area contributed by atoms with Crippen LogP contribution in [0.2, 0.25) is 5.02 Å². The summed E-state index contributed by atoms with van der Waals surface area (Å²) in [5.41, 5.74) is 6.99. The summed E-state index contributed by atoms with van der Waals surface area (Å²) in [5.74, 6) is 1.51. The van der Waals surface area contributed by atoms with E-state index in [1.807, 2.05) is 18.2 Å². The molecule has 0 aliphatic heterocycles. The molecule has 5 nitrogen and oxygen atoms in total. The van der Waals surface area contributed by atoms with Gasteiger partial charge in [0.25, 0.3) is 5.89 Å². The molecule has 1 heterocycles. The molecule has 0 saturated heterocycles. The Balaban J connectivity index is 1.71. The number of nitrogen functional groups attached to an aromatic ring is 1. The number of benzene rings is 2. The van der Waals surface area contributed by atoms with Crippen LogP contribution in [0.3, 0.4) is 0 Å². The molecule has 0 unspecified atom stereocenters. The zero-order valence-electron chi connectivity index (χ0n) is 11.0. The molecule has 3 aromatic rings. The Morgan fingerprint density at radius 1 is 1.10 bits per heavy atom. The molecule has 1 aromatic heterocycles. The maximum Gasteiger partial charge on any atom is 0.259 e. The topological polar surface area (TPSA) is 74.2 Å². The highest BCUT2D eigenvalue weighted by Gasteiger charge is 2.11. The summed E-state index contributed by atoms with van der Waals surface area (Å²) < 4.78 is 10.7.